The molecule has 0 saturated carbocycles. The van der Waals surface area contributed by atoms with Crippen LogP contribution in [0, 0.1) is 5.82 Å². The Morgan fingerprint density at radius 1 is 1.62 bits per heavy atom. The lowest BCUT2D eigenvalue weighted by atomic mass is 10.2. The number of benzene rings is 1. The van der Waals surface area contributed by atoms with Gasteiger partial charge in [-0.3, -0.25) is 0 Å². The largest absolute Gasteiger partial charge is 0.409 e. The molecule has 0 amide bonds. The Bertz CT molecular complexity index is 377. The van der Waals surface area contributed by atoms with Crippen molar-refractivity contribution >= 4 is 23.1 Å². The van der Waals surface area contributed by atoms with E-state index in [9.17, 15) is 4.39 Å². The van der Waals surface area contributed by atoms with E-state index in [1.807, 2.05) is 6.92 Å². The Labute approximate surface area is 97.9 Å². The molecule has 0 bridgehead atoms. The molecule has 1 aromatic rings. The van der Waals surface area contributed by atoms with Crippen molar-refractivity contribution in [2.24, 2.45) is 10.9 Å². The van der Waals surface area contributed by atoms with Gasteiger partial charge >= 0.3 is 0 Å². The zero-order valence-corrected chi connectivity index (χ0v) is 9.50. The number of anilines is 1. The lowest BCUT2D eigenvalue weighted by Gasteiger charge is -2.14. The number of hydrogen-bond donors (Lipinski definition) is 3. The molecule has 1 aromatic carbocycles. The van der Waals surface area contributed by atoms with Crippen LogP contribution in [0.25, 0.3) is 0 Å². The van der Waals surface area contributed by atoms with Crippen LogP contribution in [0.1, 0.15) is 13.3 Å². The predicted molar refractivity (Wildman–Crippen MR) is 62.5 cm³/mol. The summed E-state index contributed by atoms with van der Waals surface area (Å²) >= 11 is 5.70. The Balaban J connectivity index is 2.65. The third-order valence-electron chi connectivity index (χ3n) is 1.92. The van der Waals surface area contributed by atoms with E-state index < -0.39 is 5.82 Å². The average Bonchev–Trinajstić information content (AvgIpc) is 2.15. The summed E-state index contributed by atoms with van der Waals surface area (Å²) < 4.78 is 13.0. The highest BCUT2D eigenvalue weighted by Gasteiger charge is 2.06. The highest BCUT2D eigenvalue weighted by Crippen LogP contribution is 2.19. The zero-order valence-electron chi connectivity index (χ0n) is 8.74. The normalized spacial score (nSPS) is 13.6. The molecule has 0 saturated heterocycles. The molecular weight excluding hydrogens is 233 g/mol. The van der Waals surface area contributed by atoms with E-state index >= 15 is 0 Å². The highest BCUT2D eigenvalue weighted by atomic mass is 35.5. The van der Waals surface area contributed by atoms with Gasteiger partial charge < -0.3 is 16.3 Å². The lowest BCUT2D eigenvalue weighted by molar-refractivity contribution is 0.316. The molecule has 88 valence electrons. The third-order valence-corrected chi connectivity index (χ3v) is 2.14. The van der Waals surface area contributed by atoms with Crippen LogP contribution in [-0.4, -0.2) is 17.1 Å². The average molecular weight is 246 g/mol. The van der Waals surface area contributed by atoms with Gasteiger partial charge in [-0.25, -0.2) is 4.39 Å². The van der Waals surface area contributed by atoms with E-state index in [0.717, 1.165) is 0 Å². The van der Waals surface area contributed by atoms with Crippen LogP contribution >= 0.6 is 11.6 Å². The highest BCUT2D eigenvalue weighted by molar-refractivity contribution is 6.30. The number of halogens is 2. The first-order valence-corrected chi connectivity index (χ1v) is 5.08. The molecule has 0 heterocycles. The van der Waals surface area contributed by atoms with E-state index in [2.05, 4.69) is 10.5 Å². The van der Waals surface area contributed by atoms with Crippen LogP contribution in [0.15, 0.2) is 23.4 Å². The maximum absolute atomic E-state index is 13.0. The van der Waals surface area contributed by atoms with Crippen molar-refractivity contribution in [1.29, 1.82) is 0 Å². The molecule has 0 aliphatic heterocycles. The number of nitrogens with one attached hydrogen (secondary N) is 1. The van der Waals surface area contributed by atoms with Crippen molar-refractivity contribution in [2.75, 3.05) is 5.32 Å². The Morgan fingerprint density at radius 2 is 2.31 bits per heavy atom. The van der Waals surface area contributed by atoms with Crippen molar-refractivity contribution in [3.8, 4) is 0 Å². The molecule has 1 rings (SSSR count). The van der Waals surface area contributed by atoms with Crippen molar-refractivity contribution in [2.45, 2.75) is 19.4 Å². The fourth-order valence-corrected chi connectivity index (χ4v) is 1.55. The summed E-state index contributed by atoms with van der Waals surface area (Å²) in [6, 6.07) is 4.07. The number of hydrogen-bond acceptors (Lipinski definition) is 3. The summed E-state index contributed by atoms with van der Waals surface area (Å²) in [5.74, 6) is -0.298. The molecule has 4 nitrogen and oxygen atoms in total. The summed E-state index contributed by atoms with van der Waals surface area (Å²) in [5, 5.41) is 14.6. The molecule has 1 unspecified atom stereocenters. The second-order valence-corrected chi connectivity index (χ2v) is 3.94. The van der Waals surface area contributed by atoms with E-state index in [-0.39, 0.29) is 11.9 Å². The maximum atomic E-state index is 13.0. The van der Waals surface area contributed by atoms with Gasteiger partial charge in [0.15, 0.2) is 0 Å². The van der Waals surface area contributed by atoms with Crippen LogP contribution in [0.3, 0.4) is 0 Å². The topological polar surface area (TPSA) is 70.6 Å². The first-order valence-electron chi connectivity index (χ1n) is 4.70. The van der Waals surface area contributed by atoms with Gasteiger partial charge in [0.25, 0.3) is 0 Å². The van der Waals surface area contributed by atoms with Crippen molar-refractivity contribution in [1.82, 2.24) is 0 Å². The summed E-state index contributed by atoms with van der Waals surface area (Å²) in [4.78, 5) is 0. The molecule has 6 heteroatoms. The van der Waals surface area contributed by atoms with E-state index in [0.29, 0.717) is 17.1 Å². The minimum Gasteiger partial charge on any atom is -0.409 e. The summed E-state index contributed by atoms with van der Waals surface area (Å²) in [7, 11) is 0. The van der Waals surface area contributed by atoms with Gasteiger partial charge in [-0.15, -0.1) is 0 Å². The van der Waals surface area contributed by atoms with Gasteiger partial charge in [0.2, 0.25) is 0 Å². The number of nitrogens with two attached hydrogens (primary N) is 1. The number of nitrogens with zero attached hydrogens (tertiary/aromatic N) is 1. The first-order chi connectivity index (χ1) is 7.51. The molecule has 1 atom stereocenters. The Hall–Kier alpha value is -1.49. The third kappa shape index (κ3) is 3.94. The Morgan fingerprint density at radius 3 is 2.88 bits per heavy atom. The summed E-state index contributed by atoms with van der Waals surface area (Å²) in [6.07, 6.45) is 0.352. The molecule has 0 spiro atoms. The van der Waals surface area contributed by atoms with Gasteiger partial charge in [0.05, 0.1) is 0 Å². The van der Waals surface area contributed by atoms with Gasteiger partial charge in [-0.2, -0.15) is 0 Å². The van der Waals surface area contributed by atoms with Gasteiger partial charge in [0.1, 0.15) is 11.7 Å². The monoisotopic (exact) mass is 245 g/mol. The summed E-state index contributed by atoms with van der Waals surface area (Å²) in [6.45, 7) is 1.83. The van der Waals surface area contributed by atoms with Crippen LogP contribution in [-0.2, 0) is 0 Å². The van der Waals surface area contributed by atoms with Crippen LogP contribution in [0.5, 0.6) is 0 Å². The fraction of sp³-hybridized carbons (Fsp3) is 0.300. The van der Waals surface area contributed by atoms with Gasteiger partial charge in [-0.1, -0.05) is 16.8 Å². The van der Waals surface area contributed by atoms with E-state index in [1.165, 1.54) is 12.1 Å². The van der Waals surface area contributed by atoms with Crippen molar-refractivity contribution < 1.29 is 9.60 Å². The maximum Gasteiger partial charge on any atom is 0.141 e. The fourth-order valence-electron chi connectivity index (χ4n) is 1.33. The minimum atomic E-state index is -0.411. The number of amidine groups is 1. The molecular formula is C10H13ClFN3O. The second kappa shape index (κ2) is 5.55. The SMILES string of the molecule is CC(C/C(N)=N/O)Nc1cc(F)cc(Cl)c1. The standard InChI is InChI=1S/C10H13ClFN3O/c1-6(2-10(13)15-16)14-9-4-7(11)3-8(12)5-9/h3-6,14,16H,2H2,1H3,(H2,13,15). The number of oxime groups is 1. The molecule has 4 N–H and O–H groups in total. The van der Waals surface area contributed by atoms with Crippen LogP contribution in [0.4, 0.5) is 10.1 Å². The molecule has 0 aliphatic rings. The molecule has 0 fully saturated rings. The van der Waals surface area contributed by atoms with Crippen molar-refractivity contribution in [3.05, 3.63) is 29.0 Å². The smallest absolute Gasteiger partial charge is 0.141 e. The van der Waals surface area contributed by atoms with Gasteiger partial charge in [0, 0.05) is 23.2 Å². The molecule has 16 heavy (non-hydrogen) atoms. The summed E-state index contributed by atoms with van der Waals surface area (Å²) in [5.41, 5.74) is 5.91. The van der Waals surface area contributed by atoms with E-state index in [4.69, 9.17) is 22.5 Å². The quantitative estimate of drug-likeness (QED) is 0.330. The van der Waals surface area contributed by atoms with Crippen LogP contribution in [0.2, 0.25) is 5.02 Å². The Kier molecular flexibility index (Phi) is 4.37. The number of rotatable bonds is 4. The molecule has 0 aromatic heterocycles. The zero-order chi connectivity index (χ0) is 12.1. The van der Waals surface area contributed by atoms with Crippen molar-refractivity contribution in [3.63, 3.8) is 0 Å². The van der Waals surface area contributed by atoms with Gasteiger partial charge in [-0.05, 0) is 25.1 Å². The first kappa shape index (κ1) is 12.6. The molecule has 0 aliphatic carbocycles. The minimum absolute atomic E-state index is 0.0891. The van der Waals surface area contributed by atoms with E-state index in [1.54, 1.807) is 6.07 Å². The lowest BCUT2D eigenvalue weighted by Crippen LogP contribution is -2.24. The second-order valence-electron chi connectivity index (χ2n) is 3.50. The predicted octanol–water partition coefficient (Wildman–Crippen LogP) is 2.42. The molecule has 0 radical (unpaired) electrons. The van der Waals surface area contributed by atoms with Crippen LogP contribution < -0.4 is 11.1 Å².